The first-order valence-corrected chi connectivity index (χ1v) is 6.31. The number of allylic oxidation sites excluding steroid dienone is 1. The summed E-state index contributed by atoms with van der Waals surface area (Å²) in [7, 11) is 0. The normalized spacial score (nSPS) is 11.3. The third-order valence-corrected chi connectivity index (χ3v) is 2.15. The lowest BCUT2D eigenvalue weighted by Gasteiger charge is -2.03. The van der Waals surface area contributed by atoms with Crippen LogP contribution in [0.1, 0.15) is 39.0 Å². The molecule has 0 aromatic heterocycles. The minimum absolute atomic E-state index is 0.424. The minimum Gasteiger partial charge on any atom is -0.355 e. The van der Waals surface area contributed by atoms with Crippen molar-refractivity contribution >= 4 is 11.6 Å². The van der Waals surface area contributed by atoms with Crippen molar-refractivity contribution in [3.63, 3.8) is 0 Å². The molecule has 0 amide bonds. The van der Waals surface area contributed by atoms with Crippen molar-refractivity contribution < 1.29 is 9.47 Å². The van der Waals surface area contributed by atoms with Crippen molar-refractivity contribution in [3.05, 3.63) is 12.2 Å². The second-order valence-corrected chi connectivity index (χ2v) is 3.76. The summed E-state index contributed by atoms with van der Waals surface area (Å²) in [5.74, 6) is 0.692. The van der Waals surface area contributed by atoms with Crippen molar-refractivity contribution in [1.82, 2.24) is 0 Å². The molecule has 0 aliphatic heterocycles. The van der Waals surface area contributed by atoms with E-state index in [0.29, 0.717) is 12.7 Å². The van der Waals surface area contributed by atoms with E-state index in [2.05, 4.69) is 19.1 Å². The second-order valence-electron chi connectivity index (χ2n) is 3.38. The lowest BCUT2D eigenvalue weighted by atomic mass is 10.3. The number of halogens is 1. The quantitative estimate of drug-likeness (QED) is 0.235. The summed E-state index contributed by atoms with van der Waals surface area (Å²) < 4.78 is 10.6. The standard InChI is InChI=1S/C12H23ClO2/c1-2-3-7-10-14-12-15-11-8-5-4-6-9-13/h4-5H,2-3,6-12H2,1H3/b5-4-. The van der Waals surface area contributed by atoms with E-state index in [0.717, 1.165) is 32.5 Å². The molecule has 0 fully saturated rings. The van der Waals surface area contributed by atoms with Crippen LogP contribution in [0.3, 0.4) is 0 Å². The van der Waals surface area contributed by atoms with E-state index in [1.54, 1.807) is 0 Å². The lowest BCUT2D eigenvalue weighted by Crippen LogP contribution is -2.02. The van der Waals surface area contributed by atoms with Crippen LogP contribution in [0.5, 0.6) is 0 Å². The smallest absolute Gasteiger partial charge is 0.146 e. The monoisotopic (exact) mass is 234 g/mol. The molecule has 0 aliphatic carbocycles. The molecule has 0 atom stereocenters. The van der Waals surface area contributed by atoms with Crippen LogP contribution in [0, 0.1) is 0 Å². The van der Waals surface area contributed by atoms with Crippen molar-refractivity contribution in [2.75, 3.05) is 25.9 Å². The maximum Gasteiger partial charge on any atom is 0.146 e. The highest BCUT2D eigenvalue weighted by molar-refractivity contribution is 6.17. The number of ether oxygens (including phenoxy) is 2. The maximum absolute atomic E-state index is 5.52. The number of hydrogen-bond donors (Lipinski definition) is 0. The Hall–Kier alpha value is -0.0500. The van der Waals surface area contributed by atoms with E-state index < -0.39 is 0 Å². The van der Waals surface area contributed by atoms with Gasteiger partial charge in [0.05, 0.1) is 6.61 Å². The number of alkyl halides is 1. The number of unbranched alkanes of at least 4 members (excludes halogenated alkanes) is 2. The van der Waals surface area contributed by atoms with Gasteiger partial charge in [-0.1, -0.05) is 31.9 Å². The van der Waals surface area contributed by atoms with Crippen LogP contribution in [-0.4, -0.2) is 25.9 Å². The Bertz CT molecular complexity index is 138. The minimum atomic E-state index is 0.424. The highest BCUT2D eigenvalue weighted by Gasteiger charge is 1.88. The molecule has 0 saturated heterocycles. The van der Waals surface area contributed by atoms with Crippen molar-refractivity contribution in [3.8, 4) is 0 Å². The van der Waals surface area contributed by atoms with Crippen LogP contribution in [0.2, 0.25) is 0 Å². The van der Waals surface area contributed by atoms with Crippen LogP contribution in [0.4, 0.5) is 0 Å². The van der Waals surface area contributed by atoms with Crippen LogP contribution in [-0.2, 0) is 9.47 Å². The fourth-order valence-corrected chi connectivity index (χ4v) is 1.21. The Labute approximate surface area is 98.6 Å². The summed E-state index contributed by atoms with van der Waals surface area (Å²) in [6.07, 6.45) is 9.66. The molecule has 15 heavy (non-hydrogen) atoms. The molecule has 2 nitrogen and oxygen atoms in total. The Morgan fingerprint density at radius 1 is 1.00 bits per heavy atom. The molecule has 0 bridgehead atoms. The topological polar surface area (TPSA) is 18.5 Å². The van der Waals surface area contributed by atoms with Gasteiger partial charge in [-0.15, -0.1) is 11.6 Å². The van der Waals surface area contributed by atoms with Gasteiger partial charge in [-0.05, 0) is 19.3 Å². The molecule has 90 valence electrons. The van der Waals surface area contributed by atoms with E-state index in [1.807, 2.05) is 0 Å². The number of hydrogen-bond acceptors (Lipinski definition) is 2. The average Bonchev–Trinajstić information content (AvgIpc) is 2.26. The third-order valence-electron chi connectivity index (χ3n) is 1.93. The Morgan fingerprint density at radius 2 is 1.73 bits per heavy atom. The van der Waals surface area contributed by atoms with Crippen molar-refractivity contribution in [1.29, 1.82) is 0 Å². The van der Waals surface area contributed by atoms with Crippen LogP contribution < -0.4 is 0 Å². The first-order valence-electron chi connectivity index (χ1n) is 5.78. The molecule has 0 saturated carbocycles. The molecular formula is C12H23ClO2. The molecule has 0 radical (unpaired) electrons. The lowest BCUT2D eigenvalue weighted by molar-refractivity contribution is -0.0531. The fraction of sp³-hybridized carbons (Fsp3) is 0.833. The summed E-state index contributed by atoms with van der Waals surface area (Å²) in [6.45, 7) is 4.15. The largest absolute Gasteiger partial charge is 0.355 e. The molecule has 0 unspecified atom stereocenters. The molecule has 0 spiro atoms. The Balaban J connectivity index is 2.92. The molecule has 0 aliphatic rings. The SMILES string of the molecule is CCCCCOCOCC/C=C\CCCl. The van der Waals surface area contributed by atoms with Crippen LogP contribution >= 0.6 is 11.6 Å². The molecule has 0 N–H and O–H groups in total. The maximum atomic E-state index is 5.52. The second kappa shape index (κ2) is 13.9. The predicted molar refractivity (Wildman–Crippen MR) is 65.4 cm³/mol. The summed E-state index contributed by atoms with van der Waals surface area (Å²) >= 11 is 5.52. The van der Waals surface area contributed by atoms with Crippen LogP contribution in [0.25, 0.3) is 0 Å². The van der Waals surface area contributed by atoms with Gasteiger partial charge in [0, 0.05) is 12.5 Å². The van der Waals surface area contributed by atoms with Crippen molar-refractivity contribution in [2.24, 2.45) is 0 Å². The van der Waals surface area contributed by atoms with Gasteiger partial charge in [0.2, 0.25) is 0 Å². The number of rotatable bonds is 11. The summed E-state index contributed by atoms with van der Waals surface area (Å²) in [4.78, 5) is 0. The zero-order valence-electron chi connectivity index (χ0n) is 9.71. The van der Waals surface area contributed by atoms with E-state index in [-0.39, 0.29) is 0 Å². The molecule has 0 aromatic carbocycles. The highest BCUT2D eigenvalue weighted by Crippen LogP contribution is 1.95. The van der Waals surface area contributed by atoms with E-state index in [1.165, 1.54) is 12.8 Å². The van der Waals surface area contributed by atoms with Gasteiger partial charge < -0.3 is 9.47 Å². The van der Waals surface area contributed by atoms with Gasteiger partial charge in [-0.2, -0.15) is 0 Å². The summed E-state index contributed by atoms with van der Waals surface area (Å²) in [5, 5.41) is 0. The molecular weight excluding hydrogens is 212 g/mol. The van der Waals surface area contributed by atoms with E-state index in [4.69, 9.17) is 21.1 Å². The van der Waals surface area contributed by atoms with Gasteiger partial charge in [0.15, 0.2) is 0 Å². The highest BCUT2D eigenvalue weighted by atomic mass is 35.5. The van der Waals surface area contributed by atoms with Crippen molar-refractivity contribution in [2.45, 2.75) is 39.0 Å². The Morgan fingerprint density at radius 3 is 2.47 bits per heavy atom. The molecule has 0 aromatic rings. The van der Waals surface area contributed by atoms with Gasteiger partial charge in [0.1, 0.15) is 6.79 Å². The summed E-state index contributed by atoms with van der Waals surface area (Å²) in [5.41, 5.74) is 0. The first-order chi connectivity index (χ1) is 7.41. The van der Waals surface area contributed by atoms with Gasteiger partial charge in [0.25, 0.3) is 0 Å². The molecule has 3 heteroatoms. The first kappa shape index (κ1) is 14.9. The van der Waals surface area contributed by atoms with Gasteiger partial charge in [-0.3, -0.25) is 0 Å². The van der Waals surface area contributed by atoms with Gasteiger partial charge in [-0.25, -0.2) is 0 Å². The van der Waals surface area contributed by atoms with Crippen LogP contribution in [0.15, 0.2) is 12.2 Å². The third kappa shape index (κ3) is 14.0. The molecule has 0 heterocycles. The van der Waals surface area contributed by atoms with E-state index >= 15 is 0 Å². The zero-order chi connectivity index (χ0) is 11.2. The summed E-state index contributed by atoms with van der Waals surface area (Å²) in [6, 6.07) is 0. The molecule has 0 rings (SSSR count). The Kier molecular flexibility index (Phi) is 13.9. The predicted octanol–water partition coefficient (Wildman–Crippen LogP) is 3.74. The average molecular weight is 235 g/mol. The van der Waals surface area contributed by atoms with Gasteiger partial charge >= 0.3 is 0 Å². The van der Waals surface area contributed by atoms with E-state index in [9.17, 15) is 0 Å². The zero-order valence-corrected chi connectivity index (χ0v) is 10.5. The fourth-order valence-electron chi connectivity index (χ4n) is 1.08.